The largest absolute Gasteiger partial charge is 0.478 e. The van der Waals surface area contributed by atoms with Crippen LogP contribution in [0, 0.1) is 0 Å². The van der Waals surface area contributed by atoms with E-state index < -0.39 is 5.97 Å². The molecule has 0 saturated carbocycles. The lowest BCUT2D eigenvalue weighted by Crippen LogP contribution is -2.44. The van der Waals surface area contributed by atoms with Crippen molar-refractivity contribution in [2.24, 2.45) is 0 Å². The van der Waals surface area contributed by atoms with Gasteiger partial charge in [-0.3, -0.25) is 0 Å². The van der Waals surface area contributed by atoms with Gasteiger partial charge in [0.2, 0.25) is 0 Å². The van der Waals surface area contributed by atoms with E-state index in [4.69, 9.17) is 5.11 Å². The summed E-state index contributed by atoms with van der Waals surface area (Å²) in [6.45, 7) is 3.62. The van der Waals surface area contributed by atoms with Crippen molar-refractivity contribution >= 4 is 27.7 Å². The Hall–Kier alpha value is -1.14. The van der Waals surface area contributed by atoms with Crippen molar-refractivity contribution in [3.8, 4) is 0 Å². The van der Waals surface area contributed by atoms with Crippen molar-refractivity contribution in [1.29, 1.82) is 0 Å². The number of rotatable bonds is 2. The molecule has 2 heterocycles. The van der Waals surface area contributed by atoms with Gasteiger partial charge in [-0.05, 0) is 22.0 Å². The second-order valence-electron chi connectivity index (χ2n) is 3.57. The third-order valence-corrected chi connectivity index (χ3v) is 3.07. The van der Waals surface area contributed by atoms with Gasteiger partial charge in [-0.15, -0.1) is 0 Å². The van der Waals surface area contributed by atoms with Gasteiger partial charge < -0.3 is 15.3 Å². The molecule has 1 aromatic rings. The molecule has 0 atom stereocenters. The maximum atomic E-state index is 10.8. The number of halogens is 1. The molecule has 5 nitrogen and oxygen atoms in total. The normalized spacial score (nSPS) is 16.2. The molecule has 86 valence electrons. The van der Waals surface area contributed by atoms with Crippen LogP contribution in [0.15, 0.2) is 16.7 Å². The fraction of sp³-hybridized carbons (Fsp3) is 0.400. The first-order chi connectivity index (χ1) is 7.68. The van der Waals surface area contributed by atoms with Crippen molar-refractivity contribution < 1.29 is 9.90 Å². The number of nitrogens with one attached hydrogen (secondary N) is 1. The fourth-order valence-electron chi connectivity index (χ4n) is 1.66. The summed E-state index contributed by atoms with van der Waals surface area (Å²) in [5, 5.41) is 12.1. The predicted octanol–water partition coefficient (Wildman–Crippen LogP) is 0.952. The average Bonchev–Trinajstić information content (AvgIpc) is 2.30. The van der Waals surface area contributed by atoms with E-state index in [-0.39, 0.29) is 5.56 Å². The first kappa shape index (κ1) is 11.3. The Kier molecular flexibility index (Phi) is 3.40. The van der Waals surface area contributed by atoms with E-state index in [1.54, 1.807) is 6.07 Å². The van der Waals surface area contributed by atoms with E-state index in [1.165, 1.54) is 6.20 Å². The molecule has 2 rings (SSSR count). The van der Waals surface area contributed by atoms with E-state index in [0.29, 0.717) is 0 Å². The molecular formula is C10H12BrN3O2. The summed E-state index contributed by atoms with van der Waals surface area (Å²) in [7, 11) is 0. The number of piperazine rings is 1. The van der Waals surface area contributed by atoms with Gasteiger partial charge in [0.15, 0.2) is 0 Å². The van der Waals surface area contributed by atoms with Gasteiger partial charge in [-0.2, -0.15) is 0 Å². The van der Waals surface area contributed by atoms with E-state index in [1.807, 2.05) is 0 Å². The van der Waals surface area contributed by atoms with Crippen LogP contribution in [0.25, 0.3) is 0 Å². The zero-order valence-corrected chi connectivity index (χ0v) is 10.2. The van der Waals surface area contributed by atoms with Crippen LogP contribution >= 0.6 is 15.9 Å². The number of carbonyl (C=O) groups is 1. The van der Waals surface area contributed by atoms with E-state index in [0.717, 1.165) is 36.5 Å². The first-order valence-electron chi connectivity index (χ1n) is 5.03. The molecule has 1 aromatic heterocycles. The highest BCUT2D eigenvalue weighted by molar-refractivity contribution is 9.10. The van der Waals surface area contributed by atoms with Crippen molar-refractivity contribution in [1.82, 2.24) is 10.3 Å². The van der Waals surface area contributed by atoms with Crippen LogP contribution in [0.3, 0.4) is 0 Å². The fourth-order valence-corrected chi connectivity index (χ4v) is 2.26. The van der Waals surface area contributed by atoms with Gasteiger partial charge in [0.05, 0.1) is 10.0 Å². The molecular weight excluding hydrogens is 274 g/mol. The van der Waals surface area contributed by atoms with Crippen LogP contribution in [0.2, 0.25) is 0 Å². The van der Waals surface area contributed by atoms with E-state index in [9.17, 15) is 4.79 Å². The van der Waals surface area contributed by atoms with Crippen molar-refractivity contribution in [2.75, 3.05) is 31.1 Å². The number of carboxylic acid groups (broad SMARTS) is 1. The van der Waals surface area contributed by atoms with Gasteiger partial charge in [-0.1, -0.05) is 0 Å². The molecule has 0 amide bonds. The Bertz CT molecular complexity index is 405. The molecule has 1 aliphatic heterocycles. The summed E-state index contributed by atoms with van der Waals surface area (Å²) in [5.74, 6) is -0.147. The van der Waals surface area contributed by atoms with Crippen molar-refractivity contribution in [3.05, 3.63) is 22.3 Å². The second-order valence-corrected chi connectivity index (χ2v) is 4.43. The molecule has 1 saturated heterocycles. The standard InChI is InChI=1S/C10H12BrN3O2/c11-8-5-7(10(15)16)6-13-9(8)14-3-1-12-2-4-14/h5-6,12H,1-4H2,(H,15,16). The molecule has 6 heteroatoms. The van der Waals surface area contributed by atoms with Gasteiger partial charge in [-0.25, -0.2) is 9.78 Å². The molecule has 0 unspecified atom stereocenters. The molecule has 2 N–H and O–H groups in total. The molecule has 0 radical (unpaired) electrons. The van der Waals surface area contributed by atoms with Gasteiger partial charge in [0.1, 0.15) is 5.82 Å². The highest BCUT2D eigenvalue weighted by Crippen LogP contribution is 2.24. The SMILES string of the molecule is O=C(O)c1cnc(N2CCNCC2)c(Br)c1. The Balaban J connectivity index is 2.24. The molecule has 0 aromatic carbocycles. The number of carboxylic acids is 1. The zero-order chi connectivity index (χ0) is 11.5. The van der Waals surface area contributed by atoms with Crippen LogP contribution in [-0.2, 0) is 0 Å². The lowest BCUT2D eigenvalue weighted by atomic mass is 10.2. The number of aromatic carboxylic acids is 1. The summed E-state index contributed by atoms with van der Waals surface area (Å²) >= 11 is 3.36. The second kappa shape index (κ2) is 4.80. The number of nitrogens with zero attached hydrogens (tertiary/aromatic N) is 2. The quantitative estimate of drug-likeness (QED) is 0.847. The number of aromatic nitrogens is 1. The first-order valence-corrected chi connectivity index (χ1v) is 5.82. The highest BCUT2D eigenvalue weighted by atomic mass is 79.9. The van der Waals surface area contributed by atoms with Crippen LogP contribution in [-0.4, -0.2) is 42.2 Å². The number of hydrogen-bond donors (Lipinski definition) is 2. The maximum Gasteiger partial charge on any atom is 0.337 e. The summed E-state index contributed by atoms with van der Waals surface area (Å²) in [6, 6.07) is 1.59. The van der Waals surface area contributed by atoms with E-state index in [2.05, 4.69) is 31.1 Å². The molecule has 0 spiro atoms. The highest BCUT2D eigenvalue weighted by Gasteiger charge is 2.16. The molecule has 0 aliphatic carbocycles. The monoisotopic (exact) mass is 285 g/mol. The van der Waals surface area contributed by atoms with Gasteiger partial charge in [0.25, 0.3) is 0 Å². The average molecular weight is 286 g/mol. The minimum absolute atomic E-state index is 0.200. The maximum absolute atomic E-state index is 10.8. The molecule has 1 fully saturated rings. The van der Waals surface area contributed by atoms with Gasteiger partial charge in [0, 0.05) is 32.4 Å². The summed E-state index contributed by atoms with van der Waals surface area (Å²) in [5.41, 5.74) is 0.200. The topological polar surface area (TPSA) is 65.5 Å². The van der Waals surface area contributed by atoms with Crippen LogP contribution < -0.4 is 10.2 Å². The van der Waals surface area contributed by atoms with Crippen LogP contribution in [0.1, 0.15) is 10.4 Å². The Morgan fingerprint density at radius 2 is 2.19 bits per heavy atom. The predicted molar refractivity (Wildman–Crippen MR) is 64.0 cm³/mol. The minimum Gasteiger partial charge on any atom is -0.478 e. The number of hydrogen-bond acceptors (Lipinski definition) is 4. The zero-order valence-electron chi connectivity index (χ0n) is 8.61. The summed E-state index contributed by atoms with van der Waals surface area (Å²) in [4.78, 5) is 17.1. The molecule has 0 bridgehead atoms. The number of pyridine rings is 1. The van der Waals surface area contributed by atoms with E-state index >= 15 is 0 Å². The van der Waals surface area contributed by atoms with Crippen LogP contribution in [0.4, 0.5) is 5.82 Å². The minimum atomic E-state index is -0.958. The van der Waals surface area contributed by atoms with Crippen LogP contribution in [0.5, 0.6) is 0 Å². The lowest BCUT2D eigenvalue weighted by molar-refractivity contribution is 0.0696. The van der Waals surface area contributed by atoms with Crippen molar-refractivity contribution in [2.45, 2.75) is 0 Å². The Labute approximate surface area is 102 Å². The summed E-state index contributed by atoms with van der Waals surface area (Å²) < 4.78 is 0.731. The lowest BCUT2D eigenvalue weighted by Gasteiger charge is -2.29. The molecule has 1 aliphatic rings. The third-order valence-electron chi connectivity index (χ3n) is 2.49. The van der Waals surface area contributed by atoms with Crippen molar-refractivity contribution in [3.63, 3.8) is 0 Å². The third kappa shape index (κ3) is 2.33. The Morgan fingerprint density at radius 3 is 2.75 bits per heavy atom. The van der Waals surface area contributed by atoms with Gasteiger partial charge >= 0.3 is 5.97 Å². The smallest absolute Gasteiger partial charge is 0.337 e. The number of anilines is 1. The Morgan fingerprint density at radius 1 is 1.50 bits per heavy atom. The summed E-state index contributed by atoms with van der Waals surface area (Å²) in [6.07, 6.45) is 1.39. The molecule has 16 heavy (non-hydrogen) atoms.